The summed E-state index contributed by atoms with van der Waals surface area (Å²) in [6.45, 7) is 0.500. The van der Waals surface area contributed by atoms with E-state index in [4.69, 9.17) is 9.90 Å². The van der Waals surface area contributed by atoms with E-state index in [1.165, 1.54) is 0 Å². The molecule has 0 bridgehead atoms. The maximum atomic E-state index is 8.24. The van der Waals surface area contributed by atoms with Gasteiger partial charge in [0.05, 0.1) is 0 Å². The Bertz CT molecular complexity index is 15.0. The molecule has 4 nitrogen and oxygen atoms in total. The molecule has 0 saturated carbocycles. The van der Waals surface area contributed by atoms with Gasteiger partial charge in [-0.3, -0.25) is 0 Å². The van der Waals surface area contributed by atoms with Crippen LogP contribution in [-0.4, -0.2) is 11.6 Å². The van der Waals surface area contributed by atoms with Crippen LogP contribution in [0.4, 0.5) is 0 Å². The summed E-state index contributed by atoms with van der Waals surface area (Å²) in [7, 11) is 0. The van der Waals surface area contributed by atoms with Gasteiger partial charge in [-0.25, -0.2) is 0 Å². The molecule has 0 atom stereocenters. The fourth-order valence-corrected chi connectivity index (χ4v) is 0. The van der Waals surface area contributed by atoms with Crippen LogP contribution in [0.25, 0.3) is 0 Å². The second-order valence-corrected chi connectivity index (χ2v) is 0.0913. The van der Waals surface area contributed by atoms with Gasteiger partial charge in [0.25, 0.3) is 0 Å². The van der Waals surface area contributed by atoms with Crippen molar-refractivity contribution >= 4 is 6.47 Å². The van der Waals surface area contributed by atoms with Gasteiger partial charge >= 0.3 is 21.7 Å². The molecule has 5 heteroatoms. The van der Waals surface area contributed by atoms with Gasteiger partial charge in [0.15, 0.2) is 0 Å². The molecule has 6 heavy (non-hydrogen) atoms. The summed E-state index contributed by atoms with van der Waals surface area (Å²) in [4.78, 5) is 8.24. The van der Waals surface area contributed by atoms with Gasteiger partial charge < -0.3 is 20.9 Å². The van der Waals surface area contributed by atoms with E-state index >= 15 is 0 Å². The molecule has 0 aromatic carbocycles. The molecule has 0 fully saturated rings. The first kappa shape index (κ1) is 35.9. The summed E-state index contributed by atoms with van der Waals surface area (Å²) < 4.78 is 0. The van der Waals surface area contributed by atoms with Crippen LogP contribution in [-0.2, 0) is 37.5 Å². The van der Waals surface area contributed by atoms with E-state index in [2.05, 4.69) is 0 Å². The summed E-state index contributed by atoms with van der Waals surface area (Å²) in [5, 5.41) is 6.76. The SMILES string of the molecule is O=[C-]O.[O-2].[O-2].[Ti+4]. The molecular weight excluding hydrogens is 124 g/mol. The topological polar surface area (TPSA) is 94.3 Å². The van der Waals surface area contributed by atoms with E-state index in [-0.39, 0.29) is 32.7 Å². The van der Waals surface area contributed by atoms with Crippen molar-refractivity contribution in [2.75, 3.05) is 0 Å². The van der Waals surface area contributed by atoms with Gasteiger partial charge in [-0.15, -0.1) is 0 Å². The van der Waals surface area contributed by atoms with Crippen LogP contribution in [0.15, 0.2) is 0 Å². The fraction of sp³-hybridized carbons (Fsp3) is 0. The van der Waals surface area contributed by atoms with E-state index in [1.807, 2.05) is 0 Å². The Morgan fingerprint density at radius 3 is 1.33 bits per heavy atom. The van der Waals surface area contributed by atoms with E-state index in [0.717, 1.165) is 0 Å². The molecule has 0 radical (unpaired) electrons. The molecule has 0 aliphatic carbocycles. The van der Waals surface area contributed by atoms with Gasteiger partial charge in [0, 0.05) is 0 Å². The third-order valence-corrected chi connectivity index (χ3v) is 0. The predicted molar refractivity (Wildman–Crippen MR) is 9.70 cm³/mol. The Labute approximate surface area is 49.7 Å². The second-order valence-electron chi connectivity index (χ2n) is 0.0913. The Kier molecular flexibility index (Phi) is 422. The van der Waals surface area contributed by atoms with E-state index < -0.39 is 0 Å². The molecule has 0 aliphatic heterocycles. The third-order valence-electron chi connectivity index (χ3n) is 0. The maximum Gasteiger partial charge on any atom is 4.00 e. The molecular formula is CHO4Ti-. The molecule has 0 heterocycles. The Hall–Kier alpha value is 0.104. The smallest absolute Gasteiger partial charge is 2.00 e. The molecule has 0 aromatic heterocycles. The number of aliphatic hydroxyl groups excluding tert-OH is 1. The fourth-order valence-electron chi connectivity index (χ4n) is 0. The van der Waals surface area contributed by atoms with Crippen molar-refractivity contribution in [2.24, 2.45) is 0 Å². The van der Waals surface area contributed by atoms with Crippen molar-refractivity contribution in [3.05, 3.63) is 0 Å². The zero-order valence-corrected chi connectivity index (χ0v) is 4.23. The number of hydrogen-bond acceptors (Lipinski definition) is 1. The predicted octanol–water partition coefficient (Wildman–Crippen LogP) is -0.629. The molecule has 1 N–H and O–H groups in total. The maximum absolute atomic E-state index is 8.24. The summed E-state index contributed by atoms with van der Waals surface area (Å²) in [6.07, 6.45) is 0. The third kappa shape index (κ3) is 3640. The van der Waals surface area contributed by atoms with Gasteiger partial charge in [0.2, 0.25) is 0 Å². The van der Waals surface area contributed by atoms with Crippen molar-refractivity contribution < 1.29 is 42.6 Å². The van der Waals surface area contributed by atoms with Gasteiger partial charge in [-0.2, -0.15) is 0 Å². The summed E-state index contributed by atoms with van der Waals surface area (Å²) in [6, 6.07) is 0. The summed E-state index contributed by atoms with van der Waals surface area (Å²) in [5.74, 6) is 0. The van der Waals surface area contributed by atoms with Crippen molar-refractivity contribution in [1.82, 2.24) is 0 Å². The van der Waals surface area contributed by atoms with Crippen LogP contribution in [0, 0.1) is 0 Å². The van der Waals surface area contributed by atoms with Crippen molar-refractivity contribution in [3.8, 4) is 0 Å². The minimum Gasteiger partial charge on any atom is -2.00 e. The van der Waals surface area contributed by atoms with E-state index in [1.54, 1.807) is 0 Å². The number of hydrogen-bond donors (Lipinski definition) is 1. The largest absolute Gasteiger partial charge is 4.00 e. The molecule has 0 aliphatic rings. The molecule has 0 amide bonds. The zero-order chi connectivity index (χ0) is 2.71. The van der Waals surface area contributed by atoms with Crippen molar-refractivity contribution in [2.45, 2.75) is 0 Å². The molecule has 0 spiro atoms. The second kappa shape index (κ2) is 70.5. The first-order valence-corrected chi connectivity index (χ1v) is 0.428. The molecule has 34 valence electrons. The van der Waals surface area contributed by atoms with Crippen molar-refractivity contribution in [1.29, 1.82) is 0 Å². The van der Waals surface area contributed by atoms with Crippen LogP contribution >= 0.6 is 0 Å². The van der Waals surface area contributed by atoms with Crippen LogP contribution in [0.1, 0.15) is 0 Å². The van der Waals surface area contributed by atoms with E-state index in [9.17, 15) is 0 Å². The van der Waals surface area contributed by atoms with Gasteiger partial charge in [-0.05, 0) is 0 Å². The Morgan fingerprint density at radius 2 is 1.33 bits per heavy atom. The first-order chi connectivity index (χ1) is 1.41. The monoisotopic (exact) mass is 125 g/mol. The van der Waals surface area contributed by atoms with Gasteiger partial charge in [-0.1, -0.05) is 6.47 Å². The number of rotatable bonds is 0. The summed E-state index contributed by atoms with van der Waals surface area (Å²) in [5.41, 5.74) is 0. The van der Waals surface area contributed by atoms with Crippen molar-refractivity contribution in [3.63, 3.8) is 0 Å². The summed E-state index contributed by atoms with van der Waals surface area (Å²) >= 11 is 0. The minimum absolute atomic E-state index is 0. The normalized spacial score (nSPS) is 2.00. The zero-order valence-electron chi connectivity index (χ0n) is 2.67. The van der Waals surface area contributed by atoms with Gasteiger partial charge in [0.1, 0.15) is 0 Å². The quantitative estimate of drug-likeness (QED) is 0.344. The van der Waals surface area contributed by atoms with Crippen LogP contribution in [0.3, 0.4) is 0 Å². The van der Waals surface area contributed by atoms with Crippen LogP contribution in [0.5, 0.6) is 0 Å². The minimum atomic E-state index is 0. The average Bonchev–Trinajstić information content (AvgIpc) is 0.918. The molecule has 0 saturated heterocycles. The molecule has 0 rings (SSSR count). The standard InChI is InChI=1S/CHO2.2O.Ti/c2-1-3;;;/h(H,2,3);;;/q-1;2*-2;+4. The average molecular weight is 125 g/mol. The van der Waals surface area contributed by atoms with E-state index in [0.29, 0.717) is 6.47 Å². The Balaban J connectivity index is -0.00000000667. The Morgan fingerprint density at radius 1 is 1.33 bits per heavy atom. The van der Waals surface area contributed by atoms with Crippen LogP contribution in [0.2, 0.25) is 0 Å². The first-order valence-electron chi connectivity index (χ1n) is 0.428. The molecule has 0 unspecified atom stereocenters. The molecule has 0 aromatic rings. The van der Waals surface area contributed by atoms with Crippen LogP contribution < -0.4 is 0 Å².